The van der Waals surface area contributed by atoms with E-state index in [1.54, 1.807) is 30.3 Å². The molecule has 1 rings (SSSR count). The number of carbonyl (C=O) groups excluding carboxylic acids is 2. The van der Waals surface area contributed by atoms with Gasteiger partial charge >= 0.3 is 5.97 Å². The van der Waals surface area contributed by atoms with Gasteiger partial charge in [-0.15, -0.1) is 0 Å². The highest BCUT2D eigenvalue weighted by Gasteiger charge is 2.22. The highest BCUT2D eigenvalue weighted by molar-refractivity contribution is 5.98. The van der Waals surface area contributed by atoms with Gasteiger partial charge in [0.15, 0.2) is 11.7 Å². The summed E-state index contributed by atoms with van der Waals surface area (Å²) in [6, 6.07) is 8.23. The number of ketones is 1. The van der Waals surface area contributed by atoms with E-state index in [1.165, 1.54) is 14.2 Å². The molecule has 0 heterocycles. The summed E-state index contributed by atoms with van der Waals surface area (Å²) >= 11 is 0. The van der Waals surface area contributed by atoms with Crippen LogP contribution in [0.1, 0.15) is 16.8 Å². The fraction of sp³-hybridized carbons (Fsp3) is 0.308. The van der Waals surface area contributed by atoms with E-state index < -0.39 is 11.9 Å². The molecule has 94 valence electrons. The third-order valence-electron chi connectivity index (χ3n) is 2.44. The fourth-order valence-electron chi connectivity index (χ4n) is 1.40. The van der Waals surface area contributed by atoms with Gasteiger partial charge in [0.25, 0.3) is 0 Å². The molecule has 0 bridgehead atoms. The first kappa shape index (κ1) is 13.7. The molecule has 1 aromatic rings. The maximum Gasteiger partial charge on any atom is 0.323 e. The lowest BCUT2D eigenvalue weighted by Crippen LogP contribution is -2.18. The first-order valence-corrected chi connectivity index (χ1v) is 5.27. The van der Waals surface area contributed by atoms with Crippen LogP contribution < -0.4 is 4.74 Å². The molecule has 5 nitrogen and oxygen atoms in total. The summed E-state index contributed by atoms with van der Waals surface area (Å²) in [7, 11) is 2.71. The SMILES string of the molecule is COC(=O)C(C#N)CC(=O)c1ccc(OC)cc1. The number of benzene rings is 1. The summed E-state index contributed by atoms with van der Waals surface area (Å²) in [5.74, 6) is -1.41. The van der Waals surface area contributed by atoms with Crippen molar-refractivity contribution in [2.75, 3.05) is 14.2 Å². The summed E-state index contributed by atoms with van der Waals surface area (Å²) in [4.78, 5) is 23.0. The number of ether oxygens (including phenoxy) is 2. The molecule has 5 heteroatoms. The molecule has 1 unspecified atom stereocenters. The number of nitriles is 1. The second-order valence-corrected chi connectivity index (χ2v) is 3.56. The molecule has 0 fully saturated rings. The Morgan fingerprint density at radius 2 is 1.89 bits per heavy atom. The van der Waals surface area contributed by atoms with Crippen LogP contribution in [0.25, 0.3) is 0 Å². The molecule has 0 saturated heterocycles. The average molecular weight is 247 g/mol. The molecule has 0 amide bonds. The Morgan fingerprint density at radius 3 is 2.33 bits per heavy atom. The summed E-state index contributed by atoms with van der Waals surface area (Å²) in [6.45, 7) is 0. The molecule has 1 atom stereocenters. The fourth-order valence-corrected chi connectivity index (χ4v) is 1.40. The first-order chi connectivity index (χ1) is 8.62. The Kier molecular flexibility index (Phi) is 4.88. The van der Waals surface area contributed by atoms with E-state index in [4.69, 9.17) is 10.00 Å². The van der Waals surface area contributed by atoms with Crippen LogP contribution in [0.5, 0.6) is 5.75 Å². The number of nitrogens with zero attached hydrogens (tertiary/aromatic N) is 1. The molecule has 1 aromatic carbocycles. The Bertz CT molecular complexity index is 473. The molecular formula is C13H13NO4. The van der Waals surface area contributed by atoms with Crippen molar-refractivity contribution < 1.29 is 19.1 Å². The van der Waals surface area contributed by atoms with Gasteiger partial charge in [-0.1, -0.05) is 0 Å². The van der Waals surface area contributed by atoms with Crippen LogP contribution >= 0.6 is 0 Å². The standard InChI is InChI=1S/C13H13NO4/c1-17-11-5-3-9(4-6-11)12(15)7-10(8-14)13(16)18-2/h3-6,10H,7H2,1-2H3. The highest BCUT2D eigenvalue weighted by atomic mass is 16.5. The molecule has 0 aromatic heterocycles. The van der Waals surface area contributed by atoms with E-state index in [0.717, 1.165) is 0 Å². The Balaban J connectivity index is 2.75. The van der Waals surface area contributed by atoms with E-state index in [1.807, 2.05) is 0 Å². The van der Waals surface area contributed by atoms with Crippen LogP contribution in [0, 0.1) is 17.2 Å². The molecular weight excluding hydrogens is 234 g/mol. The number of hydrogen-bond acceptors (Lipinski definition) is 5. The van der Waals surface area contributed by atoms with Crippen LogP contribution in [0.3, 0.4) is 0 Å². The molecule has 0 saturated carbocycles. The third-order valence-corrected chi connectivity index (χ3v) is 2.44. The van der Waals surface area contributed by atoms with Gasteiger partial charge in [-0.05, 0) is 24.3 Å². The van der Waals surface area contributed by atoms with E-state index in [-0.39, 0.29) is 12.2 Å². The van der Waals surface area contributed by atoms with Crippen molar-refractivity contribution in [3.8, 4) is 11.8 Å². The summed E-state index contributed by atoms with van der Waals surface area (Å²) in [6.07, 6.45) is -0.185. The van der Waals surface area contributed by atoms with E-state index in [9.17, 15) is 9.59 Å². The molecule has 0 aliphatic carbocycles. The topological polar surface area (TPSA) is 76.4 Å². The van der Waals surface area contributed by atoms with Crippen LogP contribution in [-0.4, -0.2) is 26.0 Å². The monoisotopic (exact) mass is 247 g/mol. The molecule has 0 N–H and O–H groups in total. The van der Waals surface area contributed by atoms with Crippen LogP contribution in [0.4, 0.5) is 0 Å². The molecule has 0 radical (unpaired) electrons. The molecule has 0 aliphatic heterocycles. The van der Waals surface area contributed by atoms with E-state index >= 15 is 0 Å². The lowest BCUT2D eigenvalue weighted by atomic mass is 9.99. The maximum atomic E-state index is 11.8. The summed E-state index contributed by atoms with van der Waals surface area (Å²) < 4.78 is 9.41. The molecule has 0 spiro atoms. The summed E-state index contributed by atoms with van der Waals surface area (Å²) in [5.41, 5.74) is 0.431. The van der Waals surface area contributed by atoms with Crippen LogP contribution in [-0.2, 0) is 9.53 Å². The predicted octanol–water partition coefficient (Wildman–Crippen LogP) is 1.58. The van der Waals surface area contributed by atoms with Gasteiger partial charge in [0.05, 0.1) is 20.3 Å². The van der Waals surface area contributed by atoms with Crippen molar-refractivity contribution >= 4 is 11.8 Å². The van der Waals surface area contributed by atoms with Gasteiger partial charge in [0.1, 0.15) is 5.75 Å². The Hall–Kier alpha value is -2.35. The molecule has 18 heavy (non-hydrogen) atoms. The third kappa shape index (κ3) is 3.32. The second kappa shape index (κ2) is 6.40. The van der Waals surface area contributed by atoms with E-state index in [2.05, 4.69) is 4.74 Å². The Labute approximate surface area is 105 Å². The minimum absolute atomic E-state index is 0.185. The minimum atomic E-state index is -1.07. The number of carbonyl (C=O) groups is 2. The van der Waals surface area contributed by atoms with Crippen molar-refractivity contribution in [1.29, 1.82) is 5.26 Å². The van der Waals surface area contributed by atoms with Crippen molar-refractivity contribution in [3.05, 3.63) is 29.8 Å². The lowest BCUT2D eigenvalue weighted by molar-refractivity contribution is -0.143. The van der Waals surface area contributed by atoms with Gasteiger partial charge in [0.2, 0.25) is 0 Å². The zero-order valence-corrected chi connectivity index (χ0v) is 10.2. The average Bonchev–Trinajstić information content (AvgIpc) is 2.43. The number of hydrogen-bond donors (Lipinski definition) is 0. The zero-order valence-electron chi connectivity index (χ0n) is 10.2. The van der Waals surface area contributed by atoms with Crippen molar-refractivity contribution in [1.82, 2.24) is 0 Å². The molecule has 0 aliphatic rings. The van der Waals surface area contributed by atoms with Crippen LogP contribution in [0.2, 0.25) is 0 Å². The normalized spacial score (nSPS) is 11.2. The van der Waals surface area contributed by atoms with Crippen molar-refractivity contribution in [2.45, 2.75) is 6.42 Å². The van der Waals surface area contributed by atoms with Crippen molar-refractivity contribution in [3.63, 3.8) is 0 Å². The summed E-state index contributed by atoms with van der Waals surface area (Å²) in [5, 5.41) is 8.78. The number of Topliss-reactive ketones (excluding diaryl/α,β-unsaturated/α-hetero) is 1. The zero-order chi connectivity index (χ0) is 13.5. The predicted molar refractivity (Wildman–Crippen MR) is 63.1 cm³/mol. The largest absolute Gasteiger partial charge is 0.497 e. The lowest BCUT2D eigenvalue weighted by Gasteiger charge is -2.06. The van der Waals surface area contributed by atoms with Gasteiger partial charge in [0, 0.05) is 12.0 Å². The second-order valence-electron chi connectivity index (χ2n) is 3.56. The van der Waals surface area contributed by atoms with Gasteiger partial charge < -0.3 is 9.47 Å². The first-order valence-electron chi connectivity index (χ1n) is 5.27. The smallest absolute Gasteiger partial charge is 0.323 e. The minimum Gasteiger partial charge on any atom is -0.497 e. The van der Waals surface area contributed by atoms with Gasteiger partial charge in [-0.25, -0.2) is 0 Å². The number of methoxy groups -OCH3 is 2. The Morgan fingerprint density at radius 1 is 1.28 bits per heavy atom. The maximum absolute atomic E-state index is 11.8. The van der Waals surface area contributed by atoms with Gasteiger partial charge in [-0.2, -0.15) is 5.26 Å². The van der Waals surface area contributed by atoms with Gasteiger partial charge in [-0.3, -0.25) is 9.59 Å². The quantitative estimate of drug-likeness (QED) is 0.583. The van der Waals surface area contributed by atoms with Crippen LogP contribution in [0.15, 0.2) is 24.3 Å². The van der Waals surface area contributed by atoms with Crippen molar-refractivity contribution in [2.24, 2.45) is 5.92 Å². The number of esters is 1. The highest BCUT2D eigenvalue weighted by Crippen LogP contribution is 2.15. The number of rotatable bonds is 5. The van der Waals surface area contributed by atoms with E-state index in [0.29, 0.717) is 11.3 Å².